The van der Waals surface area contributed by atoms with E-state index in [1.807, 2.05) is 16.8 Å². The Kier molecular flexibility index (Phi) is 7.13. The van der Waals surface area contributed by atoms with Crippen LogP contribution in [0.25, 0.3) is 10.8 Å². The lowest BCUT2D eigenvalue weighted by molar-refractivity contribution is -0.121. The van der Waals surface area contributed by atoms with Crippen molar-refractivity contribution in [2.75, 3.05) is 0 Å². The number of aromatic nitrogens is 2. The molecule has 8 heteroatoms. The van der Waals surface area contributed by atoms with Gasteiger partial charge in [-0.1, -0.05) is 38.0 Å². The zero-order chi connectivity index (χ0) is 20.6. The van der Waals surface area contributed by atoms with E-state index in [-0.39, 0.29) is 23.6 Å². The first-order chi connectivity index (χ1) is 14.1. The van der Waals surface area contributed by atoms with Crippen LogP contribution in [0.15, 0.2) is 45.9 Å². The molecular weight excluding hydrogens is 388 g/mol. The quantitative estimate of drug-likeness (QED) is 0.439. The summed E-state index contributed by atoms with van der Waals surface area (Å²) in [5, 5.41) is 9.13. The van der Waals surface area contributed by atoms with Crippen LogP contribution in [0.4, 0.5) is 0 Å². The monoisotopic (exact) mass is 412 g/mol. The van der Waals surface area contributed by atoms with E-state index in [9.17, 15) is 14.4 Å². The Morgan fingerprint density at radius 3 is 2.62 bits per heavy atom. The molecule has 7 nitrogen and oxygen atoms in total. The predicted molar refractivity (Wildman–Crippen MR) is 114 cm³/mol. The minimum absolute atomic E-state index is 0.120. The number of amides is 2. The number of carbonyl (C=O) groups is 2. The molecule has 0 bridgehead atoms. The van der Waals surface area contributed by atoms with E-state index >= 15 is 0 Å². The van der Waals surface area contributed by atoms with Gasteiger partial charge >= 0.3 is 0 Å². The summed E-state index contributed by atoms with van der Waals surface area (Å²) in [5.41, 5.74) is 5.84. The molecule has 0 radical (unpaired) electrons. The number of fused-ring (bicyclic) bond motifs is 1. The molecule has 0 unspecified atom stereocenters. The number of rotatable bonds is 8. The summed E-state index contributed by atoms with van der Waals surface area (Å²) in [4.78, 5) is 37.4. The summed E-state index contributed by atoms with van der Waals surface area (Å²) < 4.78 is 1.34. The van der Waals surface area contributed by atoms with Crippen LogP contribution in [0.3, 0.4) is 0 Å². The molecule has 152 valence electrons. The molecule has 29 heavy (non-hydrogen) atoms. The summed E-state index contributed by atoms with van der Waals surface area (Å²) in [6, 6.07) is 8.85. The third-order valence-electron chi connectivity index (χ3n) is 4.59. The van der Waals surface area contributed by atoms with Crippen molar-refractivity contribution in [1.82, 2.24) is 20.6 Å². The fourth-order valence-corrected chi connectivity index (χ4v) is 3.71. The van der Waals surface area contributed by atoms with E-state index < -0.39 is 5.91 Å². The van der Waals surface area contributed by atoms with Gasteiger partial charge in [0.15, 0.2) is 5.69 Å². The van der Waals surface area contributed by atoms with Gasteiger partial charge in [0.1, 0.15) is 0 Å². The summed E-state index contributed by atoms with van der Waals surface area (Å²) in [5.74, 6) is -0.834. The van der Waals surface area contributed by atoms with Crippen LogP contribution in [-0.4, -0.2) is 21.6 Å². The number of nitrogens with zero attached hydrogens (tertiary/aromatic N) is 2. The molecule has 0 spiro atoms. The van der Waals surface area contributed by atoms with Gasteiger partial charge < -0.3 is 0 Å². The Hall–Kier alpha value is -3.00. The lowest BCUT2D eigenvalue weighted by Gasteiger charge is -2.12. The maximum absolute atomic E-state index is 12.7. The summed E-state index contributed by atoms with van der Waals surface area (Å²) >= 11 is 1.58. The van der Waals surface area contributed by atoms with Crippen molar-refractivity contribution in [3.05, 3.63) is 62.7 Å². The van der Waals surface area contributed by atoms with Crippen LogP contribution < -0.4 is 16.4 Å². The number of hydrogen-bond donors (Lipinski definition) is 2. The van der Waals surface area contributed by atoms with Crippen molar-refractivity contribution in [3.8, 4) is 0 Å². The summed E-state index contributed by atoms with van der Waals surface area (Å²) in [6.45, 7) is 2.53. The molecule has 0 saturated heterocycles. The first-order valence-corrected chi connectivity index (χ1v) is 10.6. The SMILES string of the molecule is CCCCCn1nc(C(=O)NNC(=O)CCc2ccsc2)c2ccccc2c1=O. The van der Waals surface area contributed by atoms with E-state index in [0.717, 1.165) is 24.8 Å². The third-order valence-corrected chi connectivity index (χ3v) is 5.32. The molecule has 0 saturated carbocycles. The maximum Gasteiger partial charge on any atom is 0.290 e. The topological polar surface area (TPSA) is 93.1 Å². The van der Waals surface area contributed by atoms with Crippen LogP contribution in [0.5, 0.6) is 0 Å². The fourth-order valence-electron chi connectivity index (χ4n) is 3.01. The van der Waals surface area contributed by atoms with Crippen LogP contribution in [0, 0.1) is 0 Å². The highest BCUT2D eigenvalue weighted by molar-refractivity contribution is 7.07. The second-order valence-corrected chi connectivity index (χ2v) is 7.54. The Balaban J connectivity index is 1.73. The minimum Gasteiger partial charge on any atom is -0.273 e. The smallest absolute Gasteiger partial charge is 0.273 e. The third kappa shape index (κ3) is 5.29. The van der Waals surface area contributed by atoms with E-state index in [1.165, 1.54) is 4.68 Å². The minimum atomic E-state index is -0.547. The Labute approximate surface area is 172 Å². The average molecular weight is 413 g/mol. The lowest BCUT2D eigenvalue weighted by atomic mass is 10.1. The van der Waals surface area contributed by atoms with Gasteiger partial charge in [-0.05, 0) is 41.3 Å². The number of hydrogen-bond acceptors (Lipinski definition) is 5. The van der Waals surface area contributed by atoms with Crippen molar-refractivity contribution in [1.29, 1.82) is 0 Å². The molecular formula is C21H24N4O3S. The highest BCUT2D eigenvalue weighted by Gasteiger charge is 2.17. The fraction of sp³-hybridized carbons (Fsp3) is 0.333. The van der Waals surface area contributed by atoms with Crippen LogP contribution in [0.2, 0.25) is 0 Å². The van der Waals surface area contributed by atoms with Gasteiger partial charge in [-0.15, -0.1) is 0 Å². The van der Waals surface area contributed by atoms with Crippen LogP contribution in [0.1, 0.15) is 48.7 Å². The first kappa shape index (κ1) is 20.7. The van der Waals surface area contributed by atoms with Crippen molar-refractivity contribution >= 4 is 33.9 Å². The van der Waals surface area contributed by atoms with Gasteiger partial charge in [-0.2, -0.15) is 16.4 Å². The van der Waals surface area contributed by atoms with Gasteiger partial charge in [0, 0.05) is 18.4 Å². The molecule has 2 heterocycles. The van der Waals surface area contributed by atoms with Gasteiger partial charge in [0.05, 0.1) is 5.39 Å². The second-order valence-electron chi connectivity index (χ2n) is 6.76. The molecule has 2 aromatic heterocycles. The number of carbonyl (C=O) groups excluding carboxylic acids is 2. The molecule has 0 aliphatic heterocycles. The molecule has 0 aliphatic carbocycles. The van der Waals surface area contributed by atoms with Gasteiger partial charge in [0.2, 0.25) is 5.91 Å². The Bertz CT molecular complexity index is 1040. The highest BCUT2D eigenvalue weighted by atomic mass is 32.1. The standard InChI is InChI=1S/C21H24N4O3S/c1-2-3-6-12-25-21(28)17-8-5-4-7-16(17)19(24-25)20(27)23-22-18(26)10-9-15-11-13-29-14-15/h4-5,7-8,11,13-14H,2-3,6,9-10,12H2,1H3,(H,22,26)(H,23,27). The highest BCUT2D eigenvalue weighted by Crippen LogP contribution is 2.13. The van der Waals surface area contributed by atoms with Crippen molar-refractivity contribution < 1.29 is 9.59 Å². The number of thiophene rings is 1. The van der Waals surface area contributed by atoms with Crippen molar-refractivity contribution in [2.45, 2.75) is 45.6 Å². The number of hydrazine groups is 1. The Morgan fingerprint density at radius 2 is 1.90 bits per heavy atom. The molecule has 3 rings (SSSR count). The van der Waals surface area contributed by atoms with Gasteiger partial charge in [-0.25, -0.2) is 4.68 Å². The molecule has 0 atom stereocenters. The largest absolute Gasteiger partial charge is 0.290 e. The van der Waals surface area contributed by atoms with Gasteiger partial charge in [-0.3, -0.25) is 25.2 Å². The molecule has 0 fully saturated rings. The number of aryl methyl sites for hydroxylation is 2. The predicted octanol–water partition coefficient (Wildman–Crippen LogP) is 3.04. The average Bonchev–Trinajstić information content (AvgIpc) is 3.26. The second kappa shape index (κ2) is 9.97. The Morgan fingerprint density at radius 1 is 1.10 bits per heavy atom. The van der Waals surface area contributed by atoms with Crippen LogP contribution in [-0.2, 0) is 17.8 Å². The molecule has 0 aliphatic rings. The summed E-state index contributed by atoms with van der Waals surface area (Å²) in [7, 11) is 0. The zero-order valence-corrected chi connectivity index (χ0v) is 17.1. The maximum atomic E-state index is 12.7. The zero-order valence-electron chi connectivity index (χ0n) is 16.3. The molecule has 2 N–H and O–H groups in total. The van der Waals surface area contributed by atoms with E-state index in [1.54, 1.807) is 35.6 Å². The van der Waals surface area contributed by atoms with E-state index in [0.29, 0.717) is 23.7 Å². The number of nitrogens with one attached hydrogen (secondary N) is 2. The van der Waals surface area contributed by atoms with Crippen molar-refractivity contribution in [3.63, 3.8) is 0 Å². The van der Waals surface area contributed by atoms with E-state index in [2.05, 4.69) is 22.9 Å². The first-order valence-electron chi connectivity index (χ1n) is 9.70. The number of benzene rings is 1. The molecule has 2 amide bonds. The molecule has 3 aromatic rings. The molecule has 1 aromatic carbocycles. The van der Waals surface area contributed by atoms with Crippen LogP contribution >= 0.6 is 11.3 Å². The number of unbranched alkanes of at least 4 members (excludes halogenated alkanes) is 2. The normalized spacial score (nSPS) is 10.8. The van der Waals surface area contributed by atoms with Crippen molar-refractivity contribution in [2.24, 2.45) is 0 Å². The lowest BCUT2D eigenvalue weighted by Crippen LogP contribution is -2.42. The van der Waals surface area contributed by atoms with E-state index in [4.69, 9.17) is 0 Å². The summed E-state index contributed by atoms with van der Waals surface area (Å²) in [6.07, 6.45) is 3.67. The van der Waals surface area contributed by atoms with Gasteiger partial charge in [0.25, 0.3) is 11.5 Å².